The highest BCUT2D eigenvalue weighted by Gasteiger charge is 2.09. The van der Waals surface area contributed by atoms with Gasteiger partial charge in [0.2, 0.25) is 0 Å². The van der Waals surface area contributed by atoms with Crippen LogP contribution in [0, 0.1) is 0 Å². The van der Waals surface area contributed by atoms with Crippen molar-refractivity contribution in [2.45, 2.75) is 6.42 Å². The van der Waals surface area contributed by atoms with E-state index in [0.717, 1.165) is 5.52 Å². The second-order valence-corrected chi connectivity index (χ2v) is 3.43. The van der Waals surface area contributed by atoms with Gasteiger partial charge < -0.3 is 10.4 Å². The number of aliphatic hydroxyl groups is 1. The maximum absolute atomic E-state index is 11.6. The number of rotatable bonds is 4. The fourth-order valence-corrected chi connectivity index (χ4v) is 1.42. The van der Waals surface area contributed by atoms with E-state index in [1.807, 2.05) is 18.2 Å². The van der Waals surface area contributed by atoms with Crippen molar-refractivity contribution in [1.29, 1.82) is 0 Å². The number of nitrogens with zero attached hydrogens (tertiary/aromatic N) is 2. The number of aliphatic hydroxyl groups excluding tert-OH is 1. The normalized spacial score (nSPS) is 10.6. The van der Waals surface area contributed by atoms with Crippen LogP contribution < -0.4 is 5.32 Å². The van der Waals surface area contributed by atoms with Crippen LogP contribution in [0.25, 0.3) is 5.52 Å². The van der Waals surface area contributed by atoms with Crippen molar-refractivity contribution in [3.8, 4) is 0 Å². The minimum absolute atomic E-state index is 0.0748. The van der Waals surface area contributed by atoms with Crippen LogP contribution in [-0.4, -0.2) is 33.8 Å². The third kappa shape index (κ3) is 2.20. The van der Waals surface area contributed by atoms with E-state index in [9.17, 15) is 4.79 Å². The summed E-state index contributed by atoms with van der Waals surface area (Å²) in [6.45, 7) is 0.536. The molecule has 0 aliphatic rings. The van der Waals surface area contributed by atoms with Crippen molar-refractivity contribution in [3.63, 3.8) is 0 Å². The molecule has 2 aromatic heterocycles. The largest absolute Gasteiger partial charge is 0.396 e. The molecule has 0 saturated heterocycles. The summed E-state index contributed by atoms with van der Waals surface area (Å²) in [7, 11) is 0. The molecule has 0 aliphatic carbocycles. The number of aromatic nitrogens is 2. The van der Waals surface area contributed by atoms with E-state index in [-0.39, 0.29) is 12.5 Å². The summed E-state index contributed by atoms with van der Waals surface area (Å²) < 4.78 is 1.65. The van der Waals surface area contributed by atoms with Crippen molar-refractivity contribution in [2.24, 2.45) is 0 Å². The van der Waals surface area contributed by atoms with Gasteiger partial charge in [-0.3, -0.25) is 4.79 Å². The van der Waals surface area contributed by atoms with Crippen LogP contribution in [0.2, 0.25) is 0 Å². The minimum atomic E-state index is -0.211. The fourth-order valence-electron chi connectivity index (χ4n) is 1.42. The van der Waals surface area contributed by atoms with Crippen LogP contribution in [0.4, 0.5) is 0 Å². The number of carbonyl (C=O) groups excluding carboxylic acids is 1. The smallest absolute Gasteiger partial charge is 0.271 e. The first-order valence-electron chi connectivity index (χ1n) is 5.15. The Kier molecular flexibility index (Phi) is 3.16. The Morgan fingerprint density at radius 1 is 1.50 bits per heavy atom. The summed E-state index contributed by atoms with van der Waals surface area (Å²) in [5.74, 6) is -0.211. The minimum Gasteiger partial charge on any atom is -0.396 e. The molecular weight excluding hydrogens is 206 g/mol. The highest BCUT2D eigenvalue weighted by molar-refractivity contribution is 5.93. The van der Waals surface area contributed by atoms with Crippen molar-refractivity contribution in [3.05, 3.63) is 36.2 Å². The lowest BCUT2D eigenvalue weighted by atomic mass is 10.3. The number of nitrogens with one attached hydrogen (secondary N) is 1. The molecule has 0 spiro atoms. The zero-order valence-corrected chi connectivity index (χ0v) is 8.76. The SMILES string of the molecule is O=C(NCCCO)c1cc2ccccn2n1. The van der Waals surface area contributed by atoms with Crippen molar-refractivity contribution in [1.82, 2.24) is 14.9 Å². The number of fused-ring (bicyclic) bond motifs is 1. The molecule has 2 N–H and O–H groups in total. The van der Waals surface area contributed by atoms with Gasteiger partial charge in [-0.25, -0.2) is 4.52 Å². The van der Waals surface area contributed by atoms with Gasteiger partial charge in [0, 0.05) is 19.3 Å². The molecule has 0 saturated carbocycles. The average molecular weight is 219 g/mol. The summed E-state index contributed by atoms with van der Waals surface area (Å²) in [6, 6.07) is 7.36. The predicted octanol–water partition coefficient (Wildman–Crippen LogP) is 0.446. The van der Waals surface area contributed by atoms with Gasteiger partial charge in [-0.15, -0.1) is 0 Å². The topological polar surface area (TPSA) is 66.6 Å². The lowest BCUT2D eigenvalue weighted by molar-refractivity contribution is 0.0946. The summed E-state index contributed by atoms with van der Waals surface area (Å²) in [5.41, 5.74) is 1.28. The molecule has 0 radical (unpaired) electrons. The molecule has 5 heteroatoms. The van der Waals surface area contributed by atoms with Gasteiger partial charge in [0.15, 0.2) is 5.69 Å². The first-order chi connectivity index (χ1) is 7.81. The number of hydrogen-bond acceptors (Lipinski definition) is 3. The van der Waals surface area contributed by atoms with Crippen LogP contribution >= 0.6 is 0 Å². The number of amides is 1. The lowest BCUT2D eigenvalue weighted by Gasteiger charge is -1.99. The molecule has 0 atom stereocenters. The van der Waals surface area contributed by atoms with Crippen molar-refractivity contribution >= 4 is 11.4 Å². The van der Waals surface area contributed by atoms with E-state index in [1.165, 1.54) is 0 Å². The zero-order chi connectivity index (χ0) is 11.4. The Morgan fingerprint density at radius 2 is 2.38 bits per heavy atom. The Morgan fingerprint density at radius 3 is 3.12 bits per heavy atom. The Hall–Kier alpha value is -1.88. The molecular formula is C11H13N3O2. The van der Waals surface area contributed by atoms with Crippen LogP contribution in [0.3, 0.4) is 0 Å². The van der Waals surface area contributed by atoms with Gasteiger partial charge in [-0.05, 0) is 24.6 Å². The van der Waals surface area contributed by atoms with Gasteiger partial charge in [-0.2, -0.15) is 5.10 Å². The second kappa shape index (κ2) is 4.76. The molecule has 0 aromatic carbocycles. The molecule has 2 heterocycles. The molecule has 2 rings (SSSR count). The molecule has 5 nitrogen and oxygen atoms in total. The first-order valence-corrected chi connectivity index (χ1v) is 5.15. The zero-order valence-electron chi connectivity index (χ0n) is 8.76. The van der Waals surface area contributed by atoms with E-state index in [1.54, 1.807) is 16.8 Å². The lowest BCUT2D eigenvalue weighted by Crippen LogP contribution is -2.25. The van der Waals surface area contributed by atoms with E-state index >= 15 is 0 Å². The second-order valence-electron chi connectivity index (χ2n) is 3.43. The molecule has 16 heavy (non-hydrogen) atoms. The van der Waals surface area contributed by atoms with Gasteiger partial charge >= 0.3 is 0 Å². The van der Waals surface area contributed by atoms with E-state index in [2.05, 4.69) is 10.4 Å². The average Bonchev–Trinajstić information content (AvgIpc) is 2.73. The number of pyridine rings is 1. The monoisotopic (exact) mass is 219 g/mol. The highest BCUT2D eigenvalue weighted by Crippen LogP contribution is 2.05. The van der Waals surface area contributed by atoms with Gasteiger partial charge in [-0.1, -0.05) is 6.07 Å². The van der Waals surface area contributed by atoms with Gasteiger partial charge in [0.05, 0.1) is 5.52 Å². The summed E-state index contributed by atoms with van der Waals surface area (Å²) in [4.78, 5) is 11.6. The highest BCUT2D eigenvalue weighted by atomic mass is 16.3. The molecule has 0 fully saturated rings. The molecule has 0 bridgehead atoms. The van der Waals surface area contributed by atoms with Crippen LogP contribution in [-0.2, 0) is 0 Å². The fraction of sp³-hybridized carbons (Fsp3) is 0.273. The Bertz CT molecular complexity index is 460. The molecule has 1 amide bonds. The number of carbonyl (C=O) groups is 1. The first kappa shape index (κ1) is 10.6. The standard InChI is InChI=1S/C11H13N3O2/c15-7-3-5-12-11(16)10-8-9-4-1-2-6-14(9)13-10/h1-2,4,6,8,15H,3,5,7H2,(H,12,16). The van der Waals surface area contributed by atoms with Crippen LogP contribution in [0.15, 0.2) is 30.5 Å². The van der Waals surface area contributed by atoms with Crippen LogP contribution in [0.1, 0.15) is 16.9 Å². The van der Waals surface area contributed by atoms with E-state index in [4.69, 9.17) is 5.11 Å². The molecule has 2 aromatic rings. The summed E-state index contributed by atoms with van der Waals surface area (Å²) >= 11 is 0. The molecule has 84 valence electrons. The molecule has 0 aliphatic heterocycles. The van der Waals surface area contributed by atoms with Crippen LogP contribution in [0.5, 0.6) is 0 Å². The third-order valence-electron chi connectivity index (χ3n) is 2.22. The van der Waals surface area contributed by atoms with Crippen molar-refractivity contribution in [2.75, 3.05) is 13.2 Å². The third-order valence-corrected chi connectivity index (χ3v) is 2.22. The maximum Gasteiger partial charge on any atom is 0.271 e. The maximum atomic E-state index is 11.6. The van der Waals surface area contributed by atoms with E-state index in [0.29, 0.717) is 18.7 Å². The Labute approximate surface area is 92.7 Å². The van der Waals surface area contributed by atoms with Gasteiger partial charge in [0.1, 0.15) is 0 Å². The van der Waals surface area contributed by atoms with Gasteiger partial charge in [0.25, 0.3) is 5.91 Å². The molecule has 0 unspecified atom stereocenters. The van der Waals surface area contributed by atoms with E-state index < -0.39 is 0 Å². The summed E-state index contributed by atoms with van der Waals surface area (Å²) in [5, 5.41) is 15.4. The number of hydrogen-bond donors (Lipinski definition) is 2. The van der Waals surface area contributed by atoms with Crippen molar-refractivity contribution < 1.29 is 9.90 Å². The Balaban J connectivity index is 2.11. The predicted molar refractivity (Wildman–Crippen MR) is 59.2 cm³/mol. The quantitative estimate of drug-likeness (QED) is 0.733. The summed E-state index contributed by atoms with van der Waals surface area (Å²) in [6.07, 6.45) is 2.35.